The van der Waals surface area contributed by atoms with Gasteiger partial charge in [0, 0.05) is 24.3 Å². The summed E-state index contributed by atoms with van der Waals surface area (Å²) in [6.07, 6.45) is 6.43. The standard InChI is InChI=1S/C13H21N3/c1-9-6-7-10(2)16(9)8-13-11-4-3-5-12(11)14-15-13/h9-10H,3-8H2,1-2H3,(H,14,15). The number of aromatic amines is 1. The summed E-state index contributed by atoms with van der Waals surface area (Å²) in [7, 11) is 0. The minimum absolute atomic E-state index is 0.726. The van der Waals surface area contributed by atoms with Gasteiger partial charge < -0.3 is 0 Å². The average molecular weight is 219 g/mol. The molecule has 0 radical (unpaired) electrons. The number of hydrogen-bond donors (Lipinski definition) is 1. The van der Waals surface area contributed by atoms with Crippen molar-refractivity contribution in [2.75, 3.05) is 0 Å². The first kappa shape index (κ1) is 10.3. The molecule has 3 heteroatoms. The molecule has 0 saturated carbocycles. The summed E-state index contributed by atoms with van der Waals surface area (Å²) in [5.41, 5.74) is 4.23. The zero-order chi connectivity index (χ0) is 11.1. The van der Waals surface area contributed by atoms with Crippen LogP contribution in [0.25, 0.3) is 0 Å². The second kappa shape index (κ2) is 3.88. The maximum Gasteiger partial charge on any atom is 0.0797 e. The summed E-state index contributed by atoms with van der Waals surface area (Å²) in [4.78, 5) is 2.61. The fourth-order valence-electron chi connectivity index (χ4n) is 3.25. The molecule has 2 unspecified atom stereocenters. The van der Waals surface area contributed by atoms with E-state index in [1.54, 1.807) is 0 Å². The lowest BCUT2D eigenvalue weighted by atomic mass is 10.2. The van der Waals surface area contributed by atoms with Crippen molar-refractivity contribution in [3.63, 3.8) is 0 Å². The molecular formula is C13H21N3. The van der Waals surface area contributed by atoms with Crippen LogP contribution < -0.4 is 0 Å². The highest BCUT2D eigenvalue weighted by molar-refractivity contribution is 5.29. The van der Waals surface area contributed by atoms with Crippen molar-refractivity contribution in [2.45, 2.75) is 64.6 Å². The summed E-state index contributed by atoms with van der Waals surface area (Å²) < 4.78 is 0. The van der Waals surface area contributed by atoms with Gasteiger partial charge >= 0.3 is 0 Å². The van der Waals surface area contributed by atoms with Gasteiger partial charge in [0.15, 0.2) is 0 Å². The number of nitrogens with one attached hydrogen (secondary N) is 1. The smallest absolute Gasteiger partial charge is 0.0797 e. The van der Waals surface area contributed by atoms with Gasteiger partial charge in [-0.05, 0) is 51.5 Å². The quantitative estimate of drug-likeness (QED) is 0.827. The van der Waals surface area contributed by atoms with Gasteiger partial charge in [0.1, 0.15) is 0 Å². The lowest BCUT2D eigenvalue weighted by Crippen LogP contribution is -2.32. The van der Waals surface area contributed by atoms with Gasteiger partial charge in [0.25, 0.3) is 0 Å². The van der Waals surface area contributed by atoms with Crippen molar-refractivity contribution in [1.82, 2.24) is 15.1 Å². The highest BCUT2D eigenvalue weighted by Crippen LogP contribution is 2.29. The van der Waals surface area contributed by atoms with Gasteiger partial charge in [-0.15, -0.1) is 0 Å². The summed E-state index contributed by atoms with van der Waals surface area (Å²) in [6, 6.07) is 1.45. The Balaban J connectivity index is 1.78. The molecule has 1 aliphatic carbocycles. The maximum absolute atomic E-state index is 4.50. The molecule has 1 N–H and O–H groups in total. The molecule has 88 valence electrons. The molecule has 0 bridgehead atoms. The molecular weight excluding hydrogens is 198 g/mol. The summed E-state index contributed by atoms with van der Waals surface area (Å²) >= 11 is 0. The second-order valence-corrected chi connectivity index (χ2v) is 5.43. The van der Waals surface area contributed by atoms with Crippen molar-refractivity contribution >= 4 is 0 Å². The van der Waals surface area contributed by atoms with Crippen molar-refractivity contribution in [1.29, 1.82) is 0 Å². The topological polar surface area (TPSA) is 31.9 Å². The number of likely N-dealkylation sites (tertiary alicyclic amines) is 1. The minimum atomic E-state index is 0.726. The Bertz CT molecular complexity index is 373. The number of nitrogens with zero attached hydrogens (tertiary/aromatic N) is 2. The molecule has 1 aliphatic heterocycles. The predicted octanol–water partition coefficient (Wildman–Crippen LogP) is 2.27. The van der Waals surface area contributed by atoms with Gasteiger partial charge in [-0.1, -0.05) is 0 Å². The Morgan fingerprint density at radius 3 is 2.75 bits per heavy atom. The number of rotatable bonds is 2. The first-order chi connectivity index (χ1) is 7.75. The molecule has 0 spiro atoms. The number of H-pyrrole nitrogens is 1. The number of aromatic nitrogens is 2. The monoisotopic (exact) mass is 219 g/mol. The van der Waals surface area contributed by atoms with E-state index in [1.165, 1.54) is 49.1 Å². The van der Waals surface area contributed by atoms with E-state index in [1.807, 2.05) is 0 Å². The minimum Gasteiger partial charge on any atom is -0.292 e. The summed E-state index contributed by atoms with van der Waals surface area (Å²) in [5.74, 6) is 0. The van der Waals surface area contributed by atoms with Gasteiger partial charge in [-0.25, -0.2) is 0 Å². The van der Waals surface area contributed by atoms with Gasteiger partial charge in [-0.2, -0.15) is 5.10 Å². The van der Waals surface area contributed by atoms with Crippen LogP contribution in [0.5, 0.6) is 0 Å². The van der Waals surface area contributed by atoms with Gasteiger partial charge in [0.2, 0.25) is 0 Å². The first-order valence-electron chi connectivity index (χ1n) is 6.56. The summed E-state index contributed by atoms with van der Waals surface area (Å²) in [6.45, 7) is 5.74. The lowest BCUT2D eigenvalue weighted by Gasteiger charge is -2.25. The number of fused-ring (bicyclic) bond motifs is 1. The molecule has 3 nitrogen and oxygen atoms in total. The zero-order valence-corrected chi connectivity index (χ0v) is 10.3. The number of aryl methyl sites for hydroxylation is 1. The average Bonchev–Trinajstić information content (AvgIpc) is 2.91. The third kappa shape index (κ3) is 1.58. The highest BCUT2D eigenvalue weighted by Gasteiger charge is 2.29. The third-order valence-corrected chi connectivity index (χ3v) is 4.36. The van der Waals surface area contributed by atoms with Crippen LogP contribution in [-0.2, 0) is 19.4 Å². The molecule has 1 aromatic heterocycles. The van der Waals surface area contributed by atoms with Crippen molar-refractivity contribution in [2.24, 2.45) is 0 Å². The van der Waals surface area contributed by atoms with Crippen molar-refractivity contribution < 1.29 is 0 Å². The van der Waals surface area contributed by atoms with Crippen LogP contribution in [-0.4, -0.2) is 27.2 Å². The molecule has 16 heavy (non-hydrogen) atoms. The Kier molecular flexibility index (Phi) is 2.51. The van der Waals surface area contributed by atoms with E-state index in [4.69, 9.17) is 0 Å². The Labute approximate surface area is 97.2 Å². The van der Waals surface area contributed by atoms with Crippen LogP contribution in [0.2, 0.25) is 0 Å². The molecule has 2 heterocycles. The molecule has 1 fully saturated rings. The molecule has 3 rings (SSSR count). The molecule has 1 aromatic rings. The zero-order valence-electron chi connectivity index (χ0n) is 10.3. The van der Waals surface area contributed by atoms with Crippen LogP contribution in [0.3, 0.4) is 0 Å². The van der Waals surface area contributed by atoms with Crippen LogP contribution in [0, 0.1) is 0 Å². The molecule has 0 aromatic carbocycles. The fraction of sp³-hybridized carbons (Fsp3) is 0.769. The van der Waals surface area contributed by atoms with Crippen LogP contribution in [0.4, 0.5) is 0 Å². The van der Waals surface area contributed by atoms with E-state index in [0.29, 0.717) is 0 Å². The van der Waals surface area contributed by atoms with Crippen molar-refractivity contribution in [3.05, 3.63) is 17.0 Å². The second-order valence-electron chi connectivity index (χ2n) is 5.43. The van der Waals surface area contributed by atoms with Crippen LogP contribution in [0.1, 0.15) is 50.1 Å². The number of hydrogen-bond acceptors (Lipinski definition) is 2. The Morgan fingerprint density at radius 2 is 2.00 bits per heavy atom. The third-order valence-electron chi connectivity index (χ3n) is 4.36. The fourth-order valence-corrected chi connectivity index (χ4v) is 3.25. The van der Waals surface area contributed by atoms with E-state index in [-0.39, 0.29) is 0 Å². The van der Waals surface area contributed by atoms with E-state index >= 15 is 0 Å². The normalized spacial score (nSPS) is 29.9. The highest BCUT2D eigenvalue weighted by atomic mass is 15.2. The molecule has 1 saturated heterocycles. The largest absolute Gasteiger partial charge is 0.292 e. The van der Waals surface area contributed by atoms with Gasteiger partial charge in [-0.3, -0.25) is 10.00 Å². The van der Waals surface area contributed by atoms with E-state index < -0.39 is 0 Å². The first-order valence-corrected chi connectivity index (χ1v) is 6.56. The molecule has 2 atom stereocenters. The van der Waals surface area contributed by atoms with Crippen molar-refractivity contribution in [3.8, 4) is 0 Å². The predicted molar refractivity (Wildman–Crippen MR) is 64.3 cm³/mol. The maximum atomic E-state index is 4.50. The van der Waals surface area contributed by atoms with Crippen LogP contribution >= 0.6 is 0 Å². The summed E-state index contributed by atoms with van der Waals surface area (Å²) in [5, 5.41) is 7.72. The van der Waals surface area contributed by atoms with E-state index in [0.717, 1.165) is 18.6 Å². The lowest BCUT2D eigenvalue weighted by molar-refractivity contribution is 0.202. The Hall–Kier alpha value is -0.830. The van der Waals surface area contributed by atoms with E-state index in [9.17, 15) is 0 Å². The van der Waals surface area contributed by atoms with E-state index in [2.05, 4.69) is 28.9 Å². The Morgan fingerprint density at radius 1 is 1.25 bits per heavy atom. The molecule has 0 amide bonds. The SMILES string of the molecule is CC1CCC(C)N1Cc1n[nH]c2c1CCC2. The molecule has 2 aliphatic rings. The van der Waals surface area contributed by atoms with Crippen LogP contribution in [0.15, 0.2) is 0 Å². The van der Waals surface area contributed by atoms with Gasteiger partial charge in [0.05, 0.1) is 5.69 Å².